The first-order valence-corrected chi connectivity index (χ1v) is 8.96. The molecule has 1 nitrogen and oxygen atoms in total. The van der Waals surface area contributed by atoms with Gasteiger partial charge in [-0.25, -0.2) is 4.98 Å². The summed E-state index contributed by atoms with van der Waals surface area (Å²) < 4.78 is 0. The first-order chi connectivity index (χ1) is 10.5. The molecule has 0 unspecified atom stereocenters. The van der Waals surface area contributed by atoms with Crippen molar-refractivity contribution in [3.63, 3.8) is 0 Å². The van der Waals surface area contributed by atoms with Gasteiger partial charge in [0.15, 0.2) is 0 Å². The van der Waals surface area contributed by atoms with Crippen LogP contribution in [0.15, 0.2) is 18.3 Å². The number of rotatable bonds is 9. The summed E-state index contributed by atoms with van der Waals surface area (Å²) in [5, 5.41) is 2.38. The minimum absolute atomic E-state index is 0.497. The highest BCUT2D eigenvalue weighted by atomic mass is 35.5. The van der Waals surface area contributed by atoms with E-state index in [1.807, 2.05) is 12.3 Å². The topological polar surface area (TPSA) is 12.9 Å². The third-order valence-electron chi connectivity index (χ3n) is 3.89. The lowest BCUT2D eigenvalue weighted by atomic mass is 9.89. The number of halogens is 1. The maximum atomic E-state index is 5.41. The first-order valence-electron chi connectivity index (χ1n) is 8.58. The van der Waals surface area contributed by atoms with E-state index in [-0.39, 0.29) is 0 Å². The summed E-state index contributed by atoms with van der Waals surface area (Å²) in [5.41, 5.74) is 2.58. The molecule has 0 radical (unpaired) electrons. The van der Waals surface area contributed by atoms with Crippen LogP contribution in [0.1, 0.15) is 83.4 Å². The van der Waals surface area contributed by atoms with Gasteiger partial charge in [0.05, 0.1) is 0 Å². The molecule has 0 aromatic carbocycles. The van der Waals surface area contributed by atoms with Gasteiger partial charge in [-0.3, -0.25) is 0 Å². The molecule has 0 saturated heterocycles. The molecule has 0 bridgehead atoms. The van der Waals surface area contributed by atoms with Crippen LogP contribution in [-0.4, -0.2) is 4.98 Å². The van der Waals surface area contributed by atoms with E-state index >= 15 is 0 Å². The molecule has 1 heterocycles. The van der Waals surface area contributed by atoms with Gasteiger partial charge >= 0.3 is 0 Å². The highest BCUT2D eigenvalue weighted by molar-refractivity contribution is 6.30. The fourth-order valence-corrected chi connectivity index (χ4v) is 2.71. The maximum Gasteiger partial charge on any atom is 0.114 e. The Morgan fingerprint density at radius 2 is 1.64 bits per heavy atom. The Balaban J connectivity index is 2.03. The number of nitrogens with zero attached hydrogens (tertiary/aromatic N) is 1. The molecule has 0 aliphatic heterocycles. The molecule has 0 atom stereocenters. The normalized spacial score (nSPS) is 11.1. The number of aromatic nitrogens is 1. The second kappa shape index (κ2) is 10.7. The summed E-state index contributed by atoms with van der Waals surface area (Å²) in [6, 6.07) is 4.12. The molecule has 122 valence electrons. The predicted octanol–water partition coefficient (Wildman–Crippen LogP) is 6.34. The highest BCUT2D eigenvalue weighted by Gasteiger charge is 2.08. The third kappa shape index (κ3) is 9.85. The van der Waals surface area contributed by atoms with E-state index in [1.165, 1.54) is 56.9 Å². The van der Waals surface area contributed by atoms with Crippen molar-refractivity contribution in [1.82, 2.24) is 4.98 Å². The summed E-state index contributed by atoms with van der Waals surface area (Å²) in [4.78, 5) is 4.17. The van der Waals surface area contributed by atoms with Crippen molar-refractivity contribution in [3.05, 3.63) is 29.6 Å². The fourth-order valence-electron chi connectivity index (χ4n) is 2.61. The van der Waals surface area contributed by atoms with E-state index < -0.39 is 0 Å². The molecule has 0 N–H and O–H groups in total. The van der Waals surface area contributed by atoms with Crippen molar-refractivity contribution in [2.24, 2.45) is 5.41 Å². The standard InChI is InChI=1S/C20H30ClN/c1-20(2,3)14-10-8-6-4-5-7-9-11-18-13-16-22-19(17-18)12-15-21/h13,16-17H,4-11,14H2,1-3H3. The van der Waals surface area contributed by atoms with Gasteiger partial charge in [0.2, 0.25) is 0 Å². The maximum absolute atomic E-state index is 5.41. The van der Waals surface area contributed by atoms with E-state index in [2.05, 4.69) is 43.1 Å². The van der Waals surface area contributed by atoms with Crippen molar-refractivity contribution in [2.75, 3.05) is 0 Å². The zero-order valence-electron chi connectivity index (χ0n) is 14.4. The molecule has 0 saturated carbocycles. The number of hydrogen-bond acceptors (Lipinski definition) is 1. The molecule has 0 spiro atoms. The largest absolute Gasteiger partial charge is 0.248 e. The van der Waals surface area contributed by atoms with Gasteiger partial charge in [0.25, 0.3) is 0 Å². The van der Waals surface area contributed by atoms with E-state index in [9.17, 15) is 0 Å². The third-order valence-corrected chi connectivity index (χ3v) is 3.99. The summed E-state index contributed by atoms with van der Waals surface area (Å²) in [6.07, 6.45) is 13.7. The lowest BCUT2D eigenvalue weighted by Gasteiger charge is -2.17. The molecule has 1 aromatic rings. The van der Waals surface area contributed by atoms with Crippen molar-refractivity contribution in [3.8, 4) is 11.3 Å². The Labute approximate surface area is 141 Å². The van der Waals surface area contributed by atoms with Gasteiger partial charge < -0.3 is 0 Å². The van der Waals surface area contributed by atoms with Crippen LogP contribution < -0.4 is 0 Å². The lowest BCUT2D eigenvalue weighted by molar-refractivity contribution is 0.356. The molecule has 2 heteroatoms. The van der Waals surface area contributed by atoms with E-state index in [0.29, 0.717) is 5.41 Å². The second-order valence-electron chi connectivity index (χ2n) is 7.30. The summed E-state index contributed by atoms with van der Waals surface area (Å²) >= 11 is 5.41. The zero-order valence-corrected chi connectivity index (χ0v) is 15.2. The molecule has 0 aliphatic rings. The SMILES string of the molecule is CC(C)(C)CCCCCCCCCc1ccnc(C#CCl)c1. The molecule has 22 heavy (non-hydrogen) atoms. The minimum Gasteiger partial charge on any atom is -0.248 e. The Morgan fingerprint density at radius 1 is 1.00 bits per heavy atom. The van der Waals surface area contributed by atoms with E-state index in [0.717, 1.165) is 12.1 Å². The Bertz CT molecular complexity index is 476. The fraction of sp³-hybridized carbons (Fsp3) is 0.650. The first kappa shape index (κ1) is 19.0. The van der Waals surface area contributed by atoms with Crippen LogP contribution in [0.2, 0.25) is 0 Å². The van der Waals surface area contributed by atoms with Gasteiger partial charge in [0.1, 0.15) is 5.69 Å². The van der Waals surface area contributed by atoms with Crippen LogP contribution in [-0.2, 0) is 6.42 Å². The van der Waals surface area contributed by atoms with E-state index in [4.69, 9.17) is 11.6 Å². The lowest BCUT2D eigenvalue weighted by Crippen LogP contribution is -2.03. The van der Waals surface area contributed by atoms with Crippen molar-refractivity contribution in [1.29, 1.82) is 0 Å². The molecule has 0 fully saturated rings. The van der Waals surface area contributed by atoms with Gasteiger partial charge in [0, 0.05) is 11.6 Å². The Morgan fingerprint density at radius 3 is 2.27 bits per heavy atom. The summed E-state index contributed by atoms with van der Waals surface area (Å²) in [5.74, 6) is 2.79. The molecule has 0 amide bonds. The second-order valence-corrected chi connectivity index (χ2v) is 7.49. The number of hydrogen-bond donors (Lipinski definition) is 0. The Kier molecular flexibility index (Phi) is 9.25. The van der Waals surface area contributed by atoms with Gasteiger partial charge in [-0.05, 0) is 59.9 Å². The van der Waals surface area contributed by atoms with Crippen molar-refractivity contribution >= 4 is 11.6 Å². The van der Waals surface area contributed by atoms with Crippen LogP contribution in [0.3, 0.4) is 0 Å². The van der Waals surface area contributed by atoms with Crippen LogP contribution in [0.4, 0.5) is 0 Å². The molecular weight excluding hydrogens is 290 g/mol. The quantitative estimate of drug-likeness (QED) is 0.382. The van der Waals surface area contributed by atoms with Crippen LogP contribution in [0.5, 0.6) is 0 Å². The van der Waals surface area contributed by atoms with Crippen molar-refractivity contribution in [2.45, 2.75) is 78.6 Å². The molecule has 1 rings (SSSR count). The van der Waals surface area contributed by atoms with Crippen molar-refractivity contribution < 1.29 is 0 Å². The van der Waals surface area contributed by atoms with Gasteiger partial charge in [-0.2, -0.15) is 0 Å². The summed E-state index contributed by atoms with van der Waals surface area (Å²) in [6.45, 7) is 6.99. The number of pyridine rings is 1. The van der Waals surface area contributed by atoms with E-state index in [1.54, 1.807) is 0 Å². The van der Waals surface area contributed by atoms with Crippen LogP contribution in [0.25, 0.3) is 0 Å². The monoisotopic (exact) mass is 319 g/mol. The minimum atomic E-state index is 0.497. The summed E-state index contributed by atoms with van der Waals surface area (Å²) in [7, 11) is 0. The molecular formula is C20H30ClN. The highest BCUT2D eigenvalue weighted by Crippen LogP contribution is 2.22. The van der Waals surface area contributed by atoms with Crippen LogP contribution >= 0.6 is 11.6 Å². The smallest absolute Gasteiger partial charge is 0.114 e. The molecule has 1 aromatic heterocycles. The van der Waals surface area contributed by atoms with Crippen LogP contribution in [0, 0.1) is 16.7 Å². The van der Waals surface area contributed by atoms with Gasteiger partial charge in [-0.1, -0.05) is 59.3 Å². The average Bonchev–Trinajstić information content (AvgIpc) is 2.45. The predicted molar refractivity (Wildman–Crippen MR) is 97.1 cm³/mol. The average molecular weight is 320 g/mol. The molecule has 0 aliphatic carbocycles. The van der Waals surface area contributed by atoms with Gasteiger partial charge in [-0.15, -0.1) is 0 Å². The Hall–Kier alpha value is -1.00. The number of aryl methyl sites for hydroxylation is 1. The zero-order chi connectivity index (χ0) is 16.3. The number of unbranched alkanes of at least 4 members (excludes halogenated alkanes) is 6.